The Morgan fingerprint density at radius 3 is 1.70 bits per heavy atom. The molecular weight excluding hydrogens is 328 g/mol. The zero-order valence-corrected chi connectivity index (χ0v) is 15.6. The van der Waals surface area contributed by atoms with Crippen LogP contribution in [0, 0.1) is 13.8 Å². The van der Waals surface area contributed by atoms with Gasteiger partial charge in [-0.15, -0.1) is 0 Å². The molecule has 0 bridgehead atoms. The van der Waals surface area contributed by atoms with Gasteiger partial charge < -0.3 is 4.74 Å². The molecule has 0 saturated heterocycles. The maximum atomic E-state index is 6.08. The molecule has 1 nitrogen and oxygen atoms in total. The third-order valence-electron chi connectivity index (χ3n) is 4.66. The average Bonchev–Trinajstić information content (AvgIpc) is 2.69. The lowest BCUT2D eigenvalue weighted by atomic mass is 10.0. The Kier molecular flexibility index (Phi) is 4.76. The second-order valence-corrected chi connectivity index (χ2v) is 6.89. The van der Waals surface area contributed by atoms with Crippen molar-refractivity contribution in [3.05, 3.63) is 108 Å². The molecule has 0 atom stereocenters. The van der Waals surface area contributed by atoms with Gasteiger partial charge in [-0.05, 0) is 60.4 Å². The van der Waals surface area contributed by atoms with Crippen LogP contribution in [0.4, 0.5) is 0 Å². The second-order valence-electron chi connectivity index (χ2n) is 6.89. The van der Waals surface area contributed by atoms with Crippen LogP contribution in [0.1, 0.15) is 11.1 Å². The molecule has 0 saturated carbocycles. The van der Waals surface area contributed by atoms with Gasteiger partial charge in [-0.2, -0.15) is 0 Å². The molecule has 0 fully saturated rings. The molecule has 0 aliphatic heterocycles. The smallest absolute Gasteiger partial charge is 0.128 e. The summed E-state index contributed by atoms with van der Waals surface area (Å²) in [6, 6.07) is 33.6. The standard InChI is InChI=1S/C26H22O/c1-19-9-11-21(12-10-19)24-7-4-8-26(18-24)27-25-15-13-22(14-16-25)23-6-3-5-20(2)17-23/h3-18H,1-2H3. The third kappa shape index (κ3) is 4.09. The van der Waals surface area contributed by atoms with Gasteiger partial charge in [0.25, 0.3) is 0 Å². The molecule has 0 unspecified atom stereocenters. The Balaban J connectivity index is 1.54. The first-order valence-electron chi connectivity index (χ1n) is 9.19. The van der Waals surface area contributed by atoms with E-state index in [9.17, 15) is 0 Å². The van der Waals surface area contributed by atoms with Crippen LogP contribution in [0.5, 0.6) is 11.5 Å². The molecule has 4 aromatic carbocycles. The van der Waals surface area contributed by atoms with Crippen molar-refractivity contribution in [2.45, 2.75) is 13.8 Å². The number of ether oxygens (including phenoxy) is 1. The second kappa shape index (κ2) is 7.51. The minimum Gasteiger partial charge on any atom is -0.457 e. The zero-order valence-electron chi connectivity index (χ0n) is 15.6. The highest BCUT2D eigenvalue weighted by Gasteiger charge is 2.03. The highest BCUT2D eigenvalue weighted by molar-refractivity contribution is 5.66. The van der Waals surface area contributed by atoms with Crippen molar-refractivity contribution in [2.75, 3.05) is 0 Å². The van der Waals surface area contributed by atoms with Crippen LogP contribution in [-0.4, -0.2) is 0 Å². The predicted molar refractivity (Wildman–Crippen MR) is 113 cm³/mol. The molecular formula is C26H22O. The van der Waals surface area contributed by atoms with Crippen molar-refractivity contribution in [3.8, 4) is 33.8 Å². The fourth-order valence-electron chi connectivity index (χ4n) is 3.16. The first-order valence-corrected chi connectivity index (χ1v) is 9.19. The van der Waals surface area contributed by atoms with Crippen molar-refractivity contribution < 1.29 is 4.74 Å². The van der Waals surface area contributed by atoms with Crippen LogP contribution in [-0.2, 0) is 0 Å². The van der Waals surface area contributed by atoms with Gasteiger partial charge in [0, 0.05) is 0 Å². The lowest BCUT2D eigenvalue weighted by molar-refractivity contribution is 0.483. The third-order valence-corrected chi connectivity index (χ3v) is 4.66. The minimum atomic E-state index is 0.840. The predicted octanol–water partition coefficient (Wildman–Crippen LogP) is 7.43. The van der Waals surface area contributed by atoms with Crippen molar-refractivity contribution in [3.63, 3.8) is 0 Å². The largest absolute Gasteiger partial charge is 0.457 e. The zero-order chi connectivity index (χ0) is 18.6. The van der Waals surface area contributed by atoms with Gasteiger partial charge in [-0.1, -0.05) is 83.9 Å². The van der Waals surface area contributed by atoms with E-state index in [1.54, 1.807) is 0 Å². The van der Waals surface area contributed by atoms with Crippen molar-refractivity contribution in [1.29, 1.82) is 0 Å². The summed E-state index contributed by atoms with van der Waals surface area (Å²) in [5.74, 6) is 1.68. The lowest BCUT2D eigenvalue weighted by Gasteiger charge is -2.09. The van der Waals surface area contributed by atoms with Gasteiger partial charge in [0.2, 0.25) is 0 Å². The summed E-state index contributed by atoms with van der Waals surface area (Å²) in [5.41, 5.74) is 7.30. The van der Waals surface area contributed by atoms with E-state index in [0.29, 0.717) is 0 Å². The molecule has 0 amide bonds. The maximum Gasteiger partial charge on any atom is 0.128 e. The number of hydrogen-bond donors (Lipinski definition) is 0. The molecule has 0 spiro atoms. The number of aryl methyl sites for hydroxylation is 2. The first-order chi connectivity index (χ1) is 13.2. The maximum absolute atomic E-state index is 6.08. The van der Waals surface area contributed by atoms with Crippen molar-refractivity contribution in [1.82, 2.24) is 0 Å². The van der Waals surface area contributed by atoms with Crippen molar-refractivity contribution in [2.24, 2.45) is 0 Å². The van der Waals surface area contributed by atoms with E-state index in [0.717, 1.165) is 17.1 Å². The summed E-state index contributed by atoms with van der Waals surface area (Å²) >= 11 is 0. The molecule has 0 radical (unpaired) electrons. The molecule has 0 N–H and O–H groups in total. The monoisotopic (exact) mass is 350 g/mol. The topological polar surface area (TPSA) is 9.23 Å². The van der Waals surface area contributed by atoms with Gasteiger partial charge in [-0.3, -0.25) is 0 Å². The van der Waals surface area contributed by atoms with Crippen LogP contribution in [0.15, 0.2) is 97.1 Å². The van der Waals surface area contributed by atoms with E-state index in [1.165, 1.54) is 27.8 Å². The molecule has 0 aliphatic rings. The molecule has 4 rings (SSSR count). The molecule has 0 aliphatic carbocycles. The van der Waals surface area contributed by atoms with E-state index in [4.69, 9.17) is 4.74 Å². The van der Waals surface area contributed by atoms with Crippen LogP contribution >= 0.6 is 0 Å². The number of hydrogen-bond acceptors (Lipinski definition) is 1. The Morgan fingerprint density at radius 2 is 1.04 bits per heavy atom. The van der Waals surface area contributed by atoms with Crippen LogP contribution < -0.4 is 4.74 Å². The van der Waals surface area contributed by atoms with Gasteiger partial charge in [-0.25, -0.2) is 0 Å². The Labute approximate surface area is 160 Å². The SMILES string of the molecule is Cc1ccc(-c2cccc(Oc3ccc(-c4cccc(C)c4)cc3)c2)cc1. The average molecular weight is 350 g/mol. The summed E-state index contributed by atoms with van der Waals surface area (Å²) in [4.78, 5) is 0. The minimum absolute atomic E-state index is 0.840. The van der Waals surface area contributed by atoms with E-state index in [2.05, 4.69) is 86.6 Å². The highest BCUT2D eigenvalue weighted by atomic mass is 16.5. The number of rotatable bonds is 4. The van der Waals surface area contributed by atoms with Gasteiger partial charge in [0.1, 0.15) is 11.5 Å². The number of benzene rings is 4. The molecule has 4 aromatic rings. The molecule has 0 aromatic heterocycles. The van der Waals surface area contributed by atoms with E-state index in [1.807, 2.05) is 24.3 Å². The molecule has 27 heavy (non-hydrogen) atoms. The molecule has 1 heteroatoms. The van der Waals surface area contributed by atoms with E-state index in [-0.39, 0.29) is 0 Å². The van der Waals surface area contributed by atoms with Crippen molar-refractivity contribution >= 4 is 0 Å². The Hall–Kier alpha value is -3.32. The normalized spacial score (nSPS) is 10.6. The summed E-state index contributed by atoms with van der Waals surface area (Å²) < 4.78 is 6.08. The summed E-state index contributed by atoms with van der Waals surface area (Å²) in [7, 11) is 0. The molecule has 132 valence electrons. The van der Waals surface area contributed by atoms with Crippen LogP contribution in [0.3, 0.4) is 0 Å². The highest BCUT2D eigenvalue weighted by Crippen LogP contribution is 2.29. The lowest BCUT2D eigenvalue weighted by Crippen LogP contribution is -1.86. The van der Waals surface area contributed by atoms with E-state index >= 15 is 0 Å². The summed E-state index contributed by atoms with van der Waals surface area (Å²) in [6.07, 6.45) is 0. The summed E-state index contributed by atoms with van der Waals surface area (Å²) in [6.45, 7) is 4.21. The Bertz CT molecular complexity index is 1040. The van der Waals surface area contributed by atoms with Crippen LogP contribution in [0.25, 0.3) is 22.3 Å². The summed E-state index contributed by atoms with van der Waals surface area (Å²) in [5, 5.41) is 0. The first kappa shape index (κ1) is 17.1. The quantitative estimate of drug-likeness (QED) is 0.372. The fourth-order valence-corrected chi connectivity index (χ4v) is 3.16. The Morgan fingerprint density at radius 1 is 0.444 bits per heavy atom. The van der Waals surface area contributed by atoms with E-state index < -0.39 is 0 Å². The molecule has 0 heterocycles. The fraction of sp³-hybridized carbons (Fsp3) is 0.0769. The van der Waals surface area contributed by atoms with Gasteiger partial charge in [0.05, 0.1) is 0 Å². The van der Waals surface area contributed by atoms with Gasteiger partial charge in [0.15, 0.2) is 0 Å². The van der Waals surface area contributed by atoms with Crippen LogP contribution in [0.2, 0.25) is 0 Å². The van der Waals surface area contributed by atoms with Gasteiger partial charge >= 0.3 is 0 Å².